The molecule has 5 N–H and O–H groups in total. The van der Waals surface area contributed by atoms with E-state index in [1.807, 2.05) is 48.7 Å². The van der Waals surface area contributed by atoms with Gasteiger partial charge in [0, 0.05) is 17.1 Å². The smallest absolute Gasteiger partial charge is 0.255 e. The van der Waals surface area contributed by atoms with E-state index >= 15 is 0 Å². The summed E-state index contributed by atoms with van der Waals surface area (Å²) < 4.78 is 11.7. The van der Waals surface area contributed by atoms with Crippen LogP contribution in [0.3, 0.4) is 0 Å². The molecule has 0 spiro atoms. The first kappa shape index (κ1) is 26.3. The van der Waals surface area contributed by atoms with E-state index in [1.165, 1.54) is 0 Å². The number of primary amides is 1. The lowest BCUT2D eigenvalue weighted by Gasteiger charge is -2.24. The summed E-state index contributed by atoms with van der Waals surface area (Å²) in [5.74, 6) is 0.154. The van der Waals surface area contributed by atoms with Crippen LogP contribution >= 0.6 is 0 Å². The maximum atomic E-state index is 13.6. The molecule has 0 radical (unpaired) electrons. The van der Waals surface area contributed by atoms with Crippen LogP contribution in [0, 0.1) is 5.92 Å². The fraction of sp³-hybridized carbons (Fsp3) is 0.290. The topological polar surface area (TPSA) is 127 Å². The fourth-order valence-electron chi connectivity index (χ4n) is 5.21. The molecule has 8 heteroatoms. The summed E-state index contributed by atoms with van der Waals surface area (Å²) in [4.78, 5) is 29.5. The minimum Gasteiger partial charge on any atom is -0.486 e. The number of H-pyrrole nitrogens is 1. The van der Waals surface area contributed by atoms with Crippen molar-refractivity contribution in [3.05, 3.63) is 83.0 Å². The van der Waals surface area contributed by atoms with Gasteiger partial charge in [-0.25, -0.2) is 0 Å². The molecule has 2 amide bonds. The van der Waals surface area contributed by atoms with E-state index in [1.54, 1.807) is 12.1 Å². The molecule has 0 fully saturated rings. The van der Waals surface area contributed by atoms with Gasteiger partial charge < -0.3 is 30.6 Å². The predicted octanol–water partition coefficient (Wildman–Crippen LogP) is 4.24. The molecule has 0 saturated heterocycles. The zero-order valence-electron chi connectivity index (χ0n) is 22.1. The van der Waals surface area contributed by atoms with E-state index in [0.29, 0.717) is 60.2 Å². The highest BCUT2D eigenvalue weighted by molar-refractivity contribution is 6.04. The van der Waals surface area contributed by atoms with Crippen LogP contribution in [-0.2, 0) is 12.8 Å². The van der Waals surface area contributed by atoms with Crippen molar-refractivity contribution in [3.8, 4) is 22.6 Å². The number of aromatic amines is 1. The van der Waals surface area contributed by atoms with Crippen LogP contribution in [0.15, 0.2) is 60.8 Å². The van der Waals surface area contributed by atoms with Crippen LogP contribution in [0.25, 0.3) is 22.0 Å². The number of para-hydroxylation sites is 1. The number of aliphatic hydroxyl groups excluding tert-OH is 1. The third-order valence-electron chi connectivity index (χ3n) is 6.92. The van der Waals surface area contributed by atoms with Crippen LogP contribution in [0.1, 0.15) is 45.7 Å². The first-order chi connectivity index (χ1) is 18.9. The highest BCUT2D eigenvalue weighted by atomic mass is 16.6. The molecule has 39 heavy (non-hydrogen) atoms. The van der Waals surface area contributed by atoms with Crippen molar-refractivity contribution >= 4 is 22.7 Å². The normalized spacial score (nSPS) is 13.4. The van der Waals surface area contributed by atoms with Gasteiger partial charge >= 0.3 is 0 Å². The summed E-state index contributed by atoms with van der Waals surface area (Å²) in [5, 5.41) is 14.1. The van der Waals surface area contributed by atoms with E-state index in [4.69, 9.17) is 15.2 Å². The number of aromatic nitrogens is 1. The van der Waals surface area contributed by atoms with Gasteiger partial charge in [-0.05, 0) is 59.2 Å². The maximum absolute atomic E-state index is 13.6. The molecule has 8 nitrogen and oxygen atoms in total. The number of fused-ring (bicyclic) bond motifs is 2. The number of amides is 2. The highest BCUT2D eigenvalue weighted by Crippen LogP contribution is 2.40. The Kier molecular flexibility index (Phi) is 7.56. The Morgan fingerprint density at radius 1 is 1.03 bits per heavy atom. The van der Waals surface area contributed by atoms with Crippen molar-refractivity contribution in [1.82, 2.24) is 10.3 Å². The number of aliphatic hydroxyl groups is 1. The summed E-state index contributed by atoms with van der Waals surface area (Å²) in [5.41, 5.74) is 10.6. The molecule has 0 bridgehead atoms. The predicted molar refractivity (Wildman–Crippen MR) is 150 cm³/mol. The quantitative estimate of drug-likeness (QED) is 0.259. The Morgan fingerprint density at radius 3 is 2.59 bits per heavy atom. The molecule has 1 aromatic heterocycles. The fourth-order valence-corrected chi connectivity index (χ4v) is 5.21. The summed E-state index contributed by atoms with van der Waals surface area (Å²) in [6, 6.07) is 16.5. The van der Waals surface area contributed by atoms with Crippen LogP contribution in [0.4, 0.5) is 0 Å². The Hall–Kier alpha value is -4.30. The molecule has 1 aliphatic heterocycles. The second-order valence-electron chi connectivity index (χ2n) is 10.3. The second-order valence-corrected chi connectivity index (χ2v) is 10.3. The zero-order valence-corrected chi connectivity index (χ0v) is 22.1. The van der Waals surface area contributed by atoms with Gasteiger partial charge in [-0.2, -0.15) is 0 Å². The number of ether oxygens (including phenoxy) is 2. The van der Waals surface area contributed by atoms with Gasteiger partial charge in [0.05, 0.1) is 23.8 Å². The number of benzene rings is 3. The maximum Gasteiger partial charge on any atom is 0.255 e. The van der Waals surface area contributed by atoms with Gasteiger partial charge in [0.15, 0.2) is 11.5 Å². The monoisotopic (exact) mass is 527 g/mol. The second kappa shape index (κ2) is 11.2. The zero-order chi connectivity index (χ0) is 27.5. The number of nitrogens with one attached hydrogen (secondary N) is 2. The lowest BCUT2D eigenvalue weighted by Crippen LogP contribution is -2.39. The lowest BCUT2D eigenvalue weighted by molar-refractivity contribution is 0.0905. The van der Waals surface area contributed by atoms with E-state index in [9.17, 15) is 14.7 Å². The van der Waals surface area contributed by atoms with Gasteiger partial charge in [0.2, 0.25) is 5.91 Å². The molecule has 4 aromatic rings. The number of hydrogen-bond acceptors (Lipinski definition) is 5. The lowest BCUT2D eigenvalue weighted by atomic mass is 9.90. The average molecular weight is 528 g/mol. The summed E-state index contributed by atoms with van der Waals surface area (Å²) >= 11 is 0. The molecule has 1 aliphatic rings. The Labute approximate surface area is 227 Å². The molecule has 5 rings (SSSR count). The van der Waals surface area contributed by atoms with Crippen LogP contribution in [0.5, 0.6) is 11.5 Å². The molecule has 2 heterocycles. The average Bonchev–Trinajstić information content (AvgIpc) is 3.34. The van der Waals surface area contributed by atoms with Gasteiger partial charge in [0.25, 0.3) is 5.91 Å². The third kappa shape index (κ3) is 5.47. The summed E-state index contributed by atoms with van der Waals surface area (Å²) in [7, 11) is 0. The molecule has 202 valence electrons. The van der Waals surface area contributed by atoms with Gasteiger partial charge in [-0.1, -0.05) is 50.2 Å². The Balaban J connectivity index is 1.51. The molecule has 1 atom stereocenters. The van der Waals surface area contributed by atoms with Gasteiger partial charge in [-0.3, -0.25) is 9.59 Å². The van der Waals surface area contributed by atoms with Crippen LogP contribution in [0.2, 0.25) is 0 Å². The van der Waals surface area contributed by atoms with Crippen molar-refractivity contribution < 1.29 is 24.2 Å². The number of hydrogen-bond donors (Lipinski definition) is 4. The van der Waals surface area contributed by atoms with Crippen molar-refractivity contribution in [2.75, 3.05) is 19.8 Å². The van der Waals surface area contributed by atoms with Crippen molar-refractivity contribution in [2.45, 2.75) is 32.7 Å². The number of carbonyl (C=O) groups excluding carboxylic acids is 2. The number of carbonyl (C=O) groups is 2. The van der Waals surface area contributed by atoms with Gasteiger partial charge in [0.1, 0.15) is 13.2 Å². The molecule has 0 saturated carbocycles. The minimum atomic E-state index is -0.531. The highest BCUT2D eigenvalue weighted by Gasteiger charge is 2.26. The largest absolute Gasteiger partial charge is 0.486 e. The van der Waals surface area contributed by atoms with Crippen LogP contribution in [-0.4, -0.2) is 47.8 Å². The Bertz CT molecular complexity index is 1520. The van der Waals surface area contributed by atoms with Crippen LogP contribution < -0.4 is 20.5 Å². The van der Waals surface area contributed by atoms with Crippen molar-refractivity contribution in [2.24, 2.45) is 11.7 Å². The van der Waals surface area contributed by atoms with E-state index in [-0.39, 0.29) is 12.2 Å². The summed E-state index contributed by atoms with van der Waals surface area (Å²) in [6.45, 7) is 4.57. The molecular weight excluding hydrogens is 494 g/mol. The third-order valence-corrected chi connectivity index (χ3v) is 6.92. The molecule has 0 aliphatic carbocycles. The van der Waals surface area contributed by atoms with Gasteiger partial charge in [-0.15, -0.1) is 0 Å². The number of nitrogens with two attached hydrogens (primary N) is 1. The van der Waals surface area contributed by atoms with E-state index in [0.717, 1.165) is 22.0 Å². The first-order valence-electron chi connectivity index (χ1n) is 13.2. The van der Waals surface area contributed by atoms with Crippen molar-refractivity contribution in [3.63, 3.8) is 0 Å². The van der Waals surface area contributed by atoms with Crippen molar-refractivity contribution in [1.29, 1.82) is 0 Å². The summed E-state index contributed by atoms with van der Waals surface area (Å²) in [6.07, 6.45) is 3.03. The standard InChI is InChI=1S/C31H33N3O5/c1-18(2)12-19-6-5-8-24(28(19)30(32)36)20-14-25(29-27(15-20)38-10-11-39-29)31(37)34-22(17-35)13-21-16-33-26-9-4-3-7-23(21)26/h3-9,14-16,18,22,33,35H,10-13,17H2,1-2H3,(H2,32,36)(H,34,37)/t22-/m1/s1. The first-order valence-corrected chi connectivity index (χ1v) is 13.2. The Morgan fingerprint density at radius 2 is 1.82 bits per heavy atom. The number of rotatable bonds is 9. The van der Waals surface area contributed by atoms with E-state index in [2.05, 4.69) is 24.1 Å². The molecule has 0 unspecified atom stereocenters. The molecule has 3 aromatic carbocycles. The minimum absolute atomic E-state index is 0.243. The van der Waals surface area contributed by atoms with E-state index < -0.39 is 17.9 Å². The molecular formula is C31H33N3O5. The SMILES string of the molecule is CC(C)Cc1cccc(-c2cc3c(c(C(=O)N[C@@H](CO)Cc4c[nH]c5ccccc45)c2)OCCO3)c1C(N)=O.